The maximum absolute atomic E-state index is 11.5. The van der Waals surface area contributed by atoms with Gasteiger partial charge in [-0.25, -0.2) is 4.79 Å². The molecule has 1 amide bonds. The van der Waals surface area contributed by atoms with Gasteiger partial charge in [-0.2, -0.15) is 0 Å². The number of amides is 1. The normalized spacial score (nSPS) is 24.1. The highest BCUT2D eigenvalue weighted by Crippen LogP contribution is 2.52. The Hall–Kier alpha value is -0.730. The van der Waals surface area contributed by atoms with E-state index in [0.29, 0.717) is 5.41 Å². The number of ether oxygens (including phenoxy) is 1. The van der Waals surface area contributed by atoms with Crippen LogP contribution in [0.1, 0.15) is 33.6 Å². The van der Waals surface area contributed by atoms with Crippen LogP contribution >= 0.6 is 0 Å². The van der Waals surface area contributed by atoms with Crippen molar-refractivity contribution in [1.29, 1.82) is 0 Å². The summed E-state index contributed by atoms with van der Waals surface area (Å²) in [6.07, 6.45) is 2.45. The van der Waals surface area contributed by atoms with E-state index in [4.69, 9.17) is 4.74 Å². The second-order valence-electron chi connectivity index (χ2n) is 5.34. The van der Waals surface area contributed by atoms with Crippen LogP contribution in [0.25, 0.3) is 0 Å². The minimum Gasteiger partial charge on any atom is -0.444 e. The van der Waals surface area contributed by atoms with Crippen LogP contribution < -0.4 is 0 Å². The highest BCUT2D eigenvalue weighted by molar-refractivity contribution is 5.69. The molecule has 0 radical (unpaired) electrons. The summed E-state index contributed by atoms with van der Waals surface area (Å²) in [5, 5.41) is 0. The van der Waals surface area contributed by atoms with Crippen molar-refractivity contribution in [3.63, 3.8) is 0 Å². The number of rotatable bonds is 0. The summed E-state index contributed by atoms with van der Waals surface area (Å²) >= 11 is 0. The van der Waals surface area contributed by atoms with Crippen molar-refractivity contribution >= 4 is 6.09 Å². The largest absolute Gasteiger partial charge is 0.444 e. The van der Waals surface area contributed by atoms with Crippen LogP contribution in [0.2, 0.25) is 0 Å². The van der Waals surface area contributed by atoms with Gasteiger partial charge in [-0.15, -0.1) is 0 Å². The third-order valence-electron chi connectivity index (χ3n) is 2.66. The lowest BCUT2D eigenvalue weighted by Crippen LogP contribution is -2.52. The summed E-state index contributed by atoms with van der Waals surface area (Å²) in [6.45, 7) is 7.54. The Morgan fingerprint density at radius 2 is 1.85 bits per heavy atom. The van der Waals surface area contributed by atoms with Gasteiger partial charge in [0, 0.05) is 18.5 Å². The Balaban J connectivity index is 1.79. The van der Waals surface area contributed by atoms with Crippen molar-refractivity contribution in [2.24, 2.45) is 5.41 Å². The molecule has 0 bridgehead atoms. The molecule has 3 heteroatoms. The first kappa shape index (κ1) is 8.85. The molecule has 1 saturated carbocycles. The van der Waals surface area contributed by atoms with E-state index in [1.54, 1.807) is 4.90 Å². The van der Waals surface area contributed by atoms with Crippen molar-refractivity contribution in [2.45, 2.75) is 39.2 Å². The number of carbonyl (C=O) groups excluding carboxylic acids is 1. The molecule has 0 unspecified atom stereocenters. The molecule has 1 spiro atoms. The summed E-state index contributed by atoms with van der Waals surface area (Å²) in [5.41, 5.74) is 0.167. The highest BCUT2D eigenvalue weighted by atomic mass is 16.6. The lowest BCUT2D eigenvalue weighted by Gasteiger charge is -2.40. The zero-order chi connectivity index (χ0) is 9.69. The van der Waals surface area contributed by atoms with Crippen molar-refractivity contribution in [2.75, 3.05) is 13.1 Å². The maximum Gasteiger partial charge on any atom is 0.410 e. The zero-order valence-corrected chi connectivity index (χ0v) is 8.59. The minimum absolute atomic E-state index is 0.148. The molecular weight excluding hydrogens is 166 g/mol. The molecule has 0 aromatic rings. The first-order valence-electron chi connectivity index (χ1n) is 4.88. The summed E-state index contributed by atoms with van der Waals surface area (Å²) in [7, 11) is 0. The van der Waals surface area contributed by atoms with Gasteiger partial charge in [-0.1, -0.05) is 0 Å². The van der Waals surface area contributed by atoms with Crippen LogP contribution in [0.4, 0.5) is 4.79 Å². The fourth-order valence-corrected chi connectivity index (χ4v) is 1.71. The first-order valence-corrected chi connectivity index (χ1v) is 4.88. The third kappa shape index (κ3) is 1.79. The van der Waals surface area contributed by atoms with Crippen LogP contribution in [-0.4, -0.2) is 29.7 Å². The lowest BCUT2D eigenvalue weighted by molar-refractivity contribution is -0.00603. The van der Waals surface area contributed by atoms with Crippen LogP contribution in [0.15, 0.2) is 0 Å². The zero-order valence-electron chi connectivity index (χ0n) is 8.59. The predicted octanol–water partition coefficient (Wildman–Crippen LogP) is 2.02. The fraction of sp³-hybridized carbons (Fsp3) is 0.900. The van der Waals surface area contributed by atoms with Crippen molar-refractivity contribution in [3.05, 3.63) is 0 Å². The molecule has 0 N–H and O–H groups in total. The van der Waals surface area contributed by atoms with Gasteiger partial charge in [0.25, 0.3) is 0 Å². The third-order valence-corrected chi connectivity index (χ3v) is 2.66. The van der Waals surface area contributed by atoms with Gasteiger partial charge in [0.1, 0.15) is 5.60 Å². The maximum atomic E-state index is 11.5. The van der Waals surface area contributed by atoms with E-state index in [1.165, 1.54) is 12.8 Å². The minimum atomic E-state index is -0.358. The van der Waals surface area contributed by atoms with Crippen LogP contribution in [0.3, 0.4) is 0 Å². The van der Waals surface area contributed by atoms with Crippen molar-refractivity contribution in [1.82, 2.24) is 4.90 Å². The smallest absolute Gasteiger partial charge is 0.410 e. The Morgan fingerprint density at radius 3 is 2.23 bits per heavy atom. The second kappa shape index (κ2) is 2.40. The van der Waals surface area contributed by atoms with Gasteiger partial charge in [-0.05, 0) is 33.6 Å². The molecule has 2 rings (SSSR count). The summed E-state index contributed by atoms with van der Waals surface area (Å²) in [4.78, 5) is 13.3. The van der Waals surface area contributed by atoms with Gasteiger partial charge < -0.3 is 9.64 Å². The van der Waals surface area contributed by atoms with Gasteiger partial charge in [-0.3, -0.25) is 0 Å². The van der Waals surface area contributed by atoms with Crippen LogP contribution in [0.5, 0.6) is 0 Å². The van der Waals surface area contributed by atoms with Crippen molar-refractivity contribution < 1.29 is 9.53 Å². The number of likely N-dealkylation sites (tertiary alicyclic amines) is 1. The van der Waals surface area contributed by atoms with Gasteiger partial charge in [0.15, 0.2) is 0 Å². The van der Waals surface area contributed by atoms with Crippen LogP contribution in [0, 0.1) is 5.41 Å². The quantitative estimate of drug-likeness (QED) is 0.575. The molecular formula is C10H17NO2. The molecule has 1 heterocycles. The molecule has 1 saturated heterocycles. The predicted molar refractivity (Wildman–Crippen MR) is 49.5 cm³/mol. The molecule has 13 heavy (non-hydrogen) atoms. The Labute approximate surface area is 79.0 Å². The Bertz CT molecular complexity index is 230. The Morgan fingerprint density at radius 1 is 1.31 bits per heavy atom. The average molecular weight is 183 g/mol. The van der Waals surface area contributed by atoms with Gasteiger partial charge in [0.05, 0.1) is 0 Å². The Kier molecular flexibility index (Phi) is 1.63. The highest BCUT2D eigenvalue weighted by Gasteiger charge is 2.54. The first-order chi connectivity index (χ1) is 5.90. The molecule has 0 aromatic carbocycles. The number of hydrogen-bond acceptors (Lipinski definition) is 2. The molecule has 0 aromatic heterocycles. The van der Waals surface area contributed by atoms with Gasteiger partial charge in [0.2, 0.25) is 0 Å². The fourth-order valence-electron chi connectivity index (χ4n) is 1.71. The lowest BCUT2D eigenvalue weighted by atomic mass is 9.98. The number of carbonyl (C=O) groups is 1. The van der Waals surface area contributed by atoms with E-state index in [2.05, 4.69) is 0 Å². The van der Waals surface area contributed by atoms with E-state index in [9.17, 15) is 4.79 Å². The standard InChI is InChI=1S/C10H17NO2/c1-9(2,3)13-8(12)11-6-10(7-11)4-5-10/h4-7H2,1-3H3. The second-order valence-corrected chi connectivity index (χ2v) is 5.34. The van der Waals surface area contributed by atoms with Crippen molar-refractivity contribution in [3.8, 4) is 0 Å². The summed E-state index contributed by atoms with van der Waals surface area (Å²) < 4.78 is 5.25. The molecule has 0 atom stereocenters. The molecule has 2 fully saturated rings. The van der Waals surface area contributed by atoms with E-state index in [0.717, 1.165) is 13.1 Å². The van der Waals surface area contributed by atoms with E-state index in [1.807, 2.05) is 20.8 Å². The van der Waals surface area contributed by atoms with E-state index >= 15 is 0 Å². The van der Waals surface area contributed by atoms with E-state index in [-0.39, 0.29) is 11.7 Å². The molecule has 74 valence electrons. The topological polar surface area (TPSA) is 29.5 Å². The number of nitrogens with zero attached hydrogens (tertiary/aromatic N) is 1. The molecule has 3 nitrogen and oxygen atoms in total. The van der Waals surface area contributed by atoms with Gasteiger partial charge >= 0.3 is 6.09 Å². The molecule has 1 aliphatic carbocycles. The van der Waals surface area contributed by atoms with E-state index < -0.39 is 0 Å². The number of hydrogen-bond donors (Lipinski definition) is 0. The monoisotopic (exact) mass is 183 g/mol. The SMILES string of the molecule is CC(C)(C)OC(=O)N1CC2(CC2)C1. The molecule has 2 aliphatic rings. The summed E-state index contributed by atoms with van der Waals surface area (Å²) in [5.74, 6) is 0. The molecule has 1 aliphatic heterocycles. The summed E-state index contributed by atoms with van der Waals surface area (Å²) in [6, 6.07) is 0. The van der Waals surface area contributed by atoms with Crippen LogP contribution in [-0.2, 0) is 4.74 Å². The average Bonchev–Trinajstić information content (AvgIpc) is 2.56.